The van der Waals surface area contributed by atoms with E-state index in [1.807, 2.05) is 23.5 Å². The molecule has 12 nitrogen and oxygen atoms in total. The lowest BCUT2D eigenvalue weighted by molar-refractivity contribution is -0.133. The first kappa shape index (κ1) is 50.0. The van der Waals surface area contributed by atoms with Gasteiger partial charge >= 0.3 is 0 Å². The molecule has 0 fully saturated rings. The summed E-state index contributed by atoms with van der Waals surface area (Å²) in [6.07, 6.45) is 13.9. The third-order valence-corrected chi connectivity index (χ3v) is 11.9. The van der Waals surface area contributed by atoms with E-state index < -0.39 is 11.8 Å². The SMILES string of the molecule is CCCCCSCCC(C)C(CC(=O)CC(CCSCCCCC)C(CC(=O)NCCNCCN)C(=O)CCCc1ncc[nH]1)C(=O)NCCNCCN. The van der Waals surface area contributed by atoms with Gasteiger partial charge < -0.3 is 37.7 Å². The fourth-order valence-electron chi connectivity index (χ4n) is 6.45. The molecule has 1 rings (SSSR count). The number of carbonyl (C=O) groups excluding carboxylic acids is 4. The molecule has 1 aromatic heterocycles. The van der Waals surface area contributed by atoms with Crippen molar-refractivity contribution in [2.75, 3.05) is 75.4 Å². The summed E-state index contributed by atoms with van der Waals surface area (Å²) in [5.74, 6) is 3.12. The number of thioether (sulfide) groups is 2. The molecule has 0 aromatic carbocycles. The number of amides is 2. The minimum atomic E-state index is -0.586. The van der Waals surface area contributed by atoms with Gasteiger partial charge in [-0.1, -0.05) is 46.5 Å². The molecule has 0 saturated heterocycles. The molecular weight excluding hydrogens is 721 g/mol. The van der Waals surface area contributed by atoms with Crippen LogP contribution in [-0.2, 0) is 25.6 Å². The summed E-state index contributed by atoms with van der Waals surface area (Å²) in [5.41, 5.74) is 11.2. The predicted molar refractivity (Wildman–Crippen MR) is 228 cm³/mol. The summed E-state index contributed by atoms with van der Waals surface area (Å²) in [7, 11) is 0. The molecule has 4 atom stereocenters. The summed E-state index contributed by atoms with van der Waals surface area (Å²) < 4.78 is 0. The summed E-state index contributed by atoms with van der Waals surface area (Å²) in [5, 5.41) is 12.4. The van der Waals surface area contributed by atoms with Crippen LogP contribution in [0.3, 0.4) is 0 Å². The van der Waals surface area contributed by atoms with Gasteiger partial charge in [0.1, 0.15) is 17.4 Å². The van der Waals surface area contributed by atoms with Crippen molar-refractivity contribution in [2.24, 2.45) is 35.1 Å². The molecule has 2 amide bonds. The summed E-state index contributed by atoms with van der Waals surface area (Å²) in [4.78, 5) is 62.5. The maximum Gasteiger partial charge on any atom is 0.223 e. The molecule has 4 unspecified atom stereocenters. The van der Waals surface area contributed by atoms with Crippen molar-refractivity contribution in [3.63, 3.8) is 0 Å². The zero-order valence-corrected chi connectivity index (χ0v) is 35.5. The number of H-pyrrole nitrogens is 1. The largest absolute Gasteiger partial charge is 0.355 e. The van der Waals surface area contributed by atoms with E-state index in [0.717, 1.165) is 48.1 Å². The monoisotopic (exact) mass is 797 g/mol. The molecule has 312 valence electrons. The predicted octanol–water partition coefficient (Wildman–Crippen LogP) is 4.48. The first-order valence-corrected chi connectivity index (χ1v) is 23.1. The van der Waals surface area contributed by atoms with Gasteiger partial charge in [0, 0.05) is 109 Å². The van der Waals surface area contributed by atoms with Gasteiger partial charge in [0.2, 0.25) is 11.8 Å². The summed E-state index contributed by atoms with van der Waals surface area (Å²) >= 11 is 3.77. The number of Topliss-reactive ketones (excluding diaryl/α,β-unsaturated/α-hetero) is 2. The van der Waals surface area contributed by atoms with E-state index >= 15 is 0 Å². The van der Waals surface area contributed by atoms with Gasteiger partial charge in [0.05, 0.1) is 0 Å². The Kier molecular flexibility index (Phi) is 31.8. The zero-order chi connectivity index (χ0) is 39.7. The van der Waals surface area contributed by atoms with Crippen LogP contribution in [0.1, 0.15) is 110 Å². The number of carbonyl (C=O) groups is 4. The van der Waals surface area contributed by atoms with Crippen LogP contribution in [0, 0.1) is 23.7 Å². The second kappa shape index (κ2) is 34.3. The second-order valence-electron chi connectivity index (χ2n) is 14.4. The van der Waals surface area contributed by atoms with Crippen molar-refractivity contribution in [3.8, 4) is 0 Å². The number of unbranched alkanes of at least 4 members (excludes halogenated alkanes) is 4. The van der Waals surface area contributed by atoms with Crippen molar-refractivity contribution in [3.05, 3.63) is 18.2 Å². The lowest BCUT2D eigenvalue weighted by Gasteiger charge is -2.28. The van der Waals surface area contributed by atoms with Crippen LogP contribution in [-0.4, -0.2) is 109 Å². The molecule has 0 aliphatic heterocycles. The van der Waals surface area contributed by atoms with Crippen LogP contribution in [0.25, 0.3) is 0 Å². The lowest BCUT2D eigenvalue weighted by Crippen LogP contribution is -2.40. The standard InChI is InChI=1S/C40H76N8O4S2/c1-4-6-8-25-53-27-13-32(3)35(40(52)48-22-20-44-18-16-42)30-34(49)29-33(14-28-54-26-9-7-5-2)36(31-39(51)47-21-19-43-17-15-41)37(50)11-10-12-38-45-23-24-46-38/h23-24,32-33,35-36,43-44H,4-22,25-31,41-42H2,1-3H3,(H,45,46)(H,47,51)(H,48,52). The normalized spacial score (nSPS) is 13.6. The zero-order valence-electron chi connectivity index (χ0n) is 33.9. The highest BCUT2D eigenvalue weighted by molar-refractivity contribution is 7.99. The van der Waals surface area contributed by atoms with Crippen LogP contribution in [0.2, 0.25) is 0 Å². The Morgan fingerprint density at radius 2 is 1.37 bits per heavy atom. The number of nitrogens with one attached hydrogen (secondary N) is 5. The molecule has 0 aliphatic carbocycles. The molecule has 0 radical (unpaired) electrons. The molecule has 0 spiro atoms. The lowest BCUT2D eigenvalue weighted by atomic mass is 9.77. The number of imidazole rings is 1. The van der Waals surface area contributed by atoms with Crippen LogP contribution >= 0.6 is 23.5 Å². The number of rotatable bonds is 38. The van der Waals surface area contributed by atoms with Crippen LogP contribution in [0.5, 0.6) is 0 Å². The third kappa shape index (κ3) is 25.2. The van der Waals surface area contributed by atoms with E-state index in [-0.39, 0.29) is 54.5 Å². The Hall–Kier alpha value is -1.97. The molecule has 0 saturated carbocycles. The molecule has 0 bridgehead atoms. The van der Waals surface area contributed by atoms with Crippen molar-refractivity contribution >= 4 is 46.9 Å². The van der Waals surface area contributed by atoms with Crippen LogP contribution in [0.15, 0.2) is 12.4 Å². The number of hydrogen-bond acceptors (Lipinski definition) is 11. The van der Waals surface area contributed by atoms with Crippen molar-refractivity contribution in [1.29, 1.82) is 0 Å². The van der Waals surface area contributed by atoms with Gasteiger partial charge in [-0.2, -0.15) is 23.5 Å². The van der Waals surface area contributed by atoms with Crippen molar-refractivity contribution < 1.29 is 19.2 Å². The molecular formula is C40H76N8O4S2. The number of aromatic amines is 1. The van der Waals surface area contributed by atoms with Gasteiger partial charge in [-0.25, -0.2) is 4.98 Å². The van der Waals surface area contributed by atoms with Gasteiger partial charge in [-0.05, 0) is 67.0 Å². The number of aryl methyl sites for hydroxylation is 1. The minimum Gasteiger partial charge on any atom is -0.355 e. The topological polar surface area (TPSA) is 197 Å². The highest BCUT2D eigenvalue weighted by Crippen LogP contribution is 2.31. The maximum atomic E-state index is 14.1. The fraction of sp³-hybridized carbons (Fsp3) is 0.825. The van der Waals surface area contributed by atoms with E-state index in [4.69, 9.17) is 11.5 Å². The van der Waals surface area contributed by atoms with Gasteiger partial charge in [0.15, 0.2) is 0 Å². The fourth-order valence-corrected chi connectivity index (χ4v) is 8.68. The molecule has 54 heavy (non-hydrogen) atoms. The van der Waals surface area contributed by atoms with E-state index in [2.05, 4.69) is 52.0 Å². The van der Waals surface area contributed by atoms with Gasteiger partial charge in [0.25, 0.3) is 0 Å². The van der Waals surface area contributed by atoms with Crippen LogP contribution < -0.4 is 32.7 Å². The number of hydrogen-bond donors (Lipinski definition) is 7. The quantitative estimate of drug-likeness (QED) is 0.0466. The Morgan fingerprint density at radius 1 is 0.741 bits per heavy atom. The van der Waals surface area contributed by atoms with E-state index in [1.54, 1.807) is 12.4 Å². The molecule has 1 heterocycles. The maximum absolute atomic E-state index is 14.1. The van der Waals surface area contributed by atoms with E-state index in [1.165, 1.54) is 25.7 Å². The Morgan fingerprint density at radius 3 is 1.96 bits per heavy atom. The number of nitrogens with two attached hydrogens (primary N) is 2. The third-order valence-electron chi connectivity index (χ3n) is 9.74. The average Bonchev–Trinajstić information content (AvgIpc) is 3.68. The first-order valence-electron chi connectivity index (χ1n) is 20.8. The Bertz CT molecular complexity index is 1100. The van der Waals surface area contributed by atoms with Gasteiger partial charge in [-0.3, -0.25) is 19.2 Å². The number of ketones is 2. The Labute approximate surface area is 335 Å². The molecule has 9 N–H and O–H groups in total. The van der Waals surface area contributed by atoms with Crippen LogP contribution in [0.4, 0.5) is 0 Å². The second-order valence-corrected chi connectivity index (χ2v) is 16.8. The summed E-state index contributed by atoms with van der Waals surface area (Å²) in [6.45, 7) is 10.9. The Balaban J connectivity index is 3.18. The highest BCUT2D eigenvalue weighted by Gasteiger charge is 2.34. The van der Waals surface area contributed by atoms with Crippen molar-refractivity contribution in [2.45, 2.75) is 111 Å². The average molecular weight is 797 g/mol. The molecule has 1 aromatic rings. The number of aromatic nitrogens is 2. The van der Waals surface area contributed by atoms with E-state index in [0.29, 0.717) is 78.0 Å². The molecule has 0 aliphatic rings. The minimum absolute atomic E-state index is 0.0134. The van der Waals surface area contributed by atoms with E-state index in [9.17, 15) is 19.2 Å². The van der Waals surface area contributed by atoms with Gasteiger partial charge in [-0.15, -0.1) is 0 Å². The molecule has 14 heteroatoms. The van der Waals surface area contributed by atoms with Crippen molar-refractivity contribution in [1.82, 2.24) is 31.2 Å². The smallest absolute Gasteiger partial charge is 0.223 e. The summed E-state index contributed by atoms with van der Waals surface area (Å²) in [6, 6.07) is 0. The first-order chi connectivity index (χ1) is 26.3. The number of nitrogens with zero attached hydrogens (tertiary/aromatic N) is 1. The highest BCUT2D eigenvalue weighted by atomic mass is 32.2.